The Morgan fingerprint density at radius 2 is 1.88 bits per heavy atom. The van der Waals surface area contributed by atoms with E-state index in [-0.39, 0.29) is 5.82 Å². The molecule has 0 bridgehead atoms. The molecule has 24 heavy (non-hydrogen) atoms. The highest BCUT2D eigenvalue weighted by Gasteiger charge is 2.11. The molecular weight excluding hydrogens is 307 g/mol. The lowest BCUT2D eigenvalue weighted by molar-refractivity contribution is 0.428. The van der Waals surface area contributed by atoms with Gasteiger partial charge in [-0.1, -0.05) is 12.8 Å². The van der Waals surface area contributed by atoms with E-state index in [4.69, 9.17) is 10.2 Å². The maximum Gasteiger partial charge on any atom is 0.226 e. The van der Waals surface area contributed by atoms with Gasteiger partial charge in [0, 0.05) is 31.6 Å². The summed E-state index contributed by atoms with van der Waals surface area (Å²) in [7, 11) is 0. The number of nitrogens with zero attached hydrogens (tertiary/aromatic N) is 3. The SMILES string of the molecule is NC(=NCCc1coc(-c2ccc(F)cc2)n1)N1CCCCCC1. The summed E-state index contributed by atoms with van der Waals surface area (Å²) in [5, 5.41) is 0. The summed E-state index contributed by atoms with van der Waals surface area (Å²) in [6.45, 7) is 2.57. The van der Waals surface area contributed by atoms with Crippen molar-refractivity contribution in [2.75, 3.05) is 19.6 Å². The van der Waals surface area contributed by atoms with Crippen LogP contribution in [-0.4, -0.2) is 35.5 Å². The predicted molar refractivity (Wildman–Crippen MR) is 92.1 cm³/mol. The van der Waals surface area contributed by atoms with E-state index < -0.39 is 0 Å². The first-order valence-electron chi connectivity index (χ1n) is 8.47. The number of likely N-dealkylation sites (tertiary alicyclic amines) is 1. The molecule has 0 spiro atoms. The zero-order valence-electron chi connectivity index (χ0n) is 13.7. The summed E-state index contributed by atoms with van der Waals surface area (Å²) in [5.74, 6) is 0.845. The fourth-order valence-corrected chi connectivity index (χ4v) is 2.83. The van der Waals surface area contributed by atoms with Crippen molar-refractivity contribution in [1.29, 1.82) is 0 Å². The molecule has 2 N–H and O–H groups in total. The van der Waals surface area contributed by atoms with Crippen molar-refractivity contribution in [1.82, 2.24) is 9.88 Å². The summed E-state index contributed by atoms with van der Waals surface area (Å²) < 4.78 is 18.4. The van der Waals surface area contributed by atoms with Crippen LogP contribution in [0, 0.1) is 5.82 Å². The third-order valence-corrected chi connectivity index (χ3v) is 4.21. The number of guanidine groups is 1. The second kappa shape index (κ2) is 7.95. The Labute approximate surface area is 141 Å². The largest absolute Gasteiger partial charge is 0.444 e. The lowest BCUT2D eigenvalue weighted by Crippen LogP contribution is -2.38. The Morgan fingerprint density at radius 1 is 1.17 bits per heavy atom. The van der Waals surface area contributed by atoms with E-state index in [0.717, 1.165) is 24.3 Å². The first-order chi connectivity index (χ1) is 11.7. The molecule has 1 aliphatic rings. The maximum atomic E-state index is 12.9. The number of aromatic nitrogens is 1. The number of rotatable bonds is 4. The Kier molecular flexibility index (Phi) is 5.46. The van der Waals surface area contributed by atoms with Gasteiger partial charge in [0.2, 0.25) is 5.89 Å². The van der Waals surface area contributed by atoms with Crippen LogP contribution in [0.4, 0.5) is 4.39 Å². The third-order valence-electron chi connectivity index (χ3n) is 4.21. The average molecular weight is 330 g/mol. The maximum absolute atomic E-state index is 12.9. The number of nitrogens with two attached hydrogens (primary N) is 1. The summed E-state index contributed by atoms with van der Waals surface area (Å²) in [6, 6.07) is 6.09. The van der Waals surface area contributed by atoms with Gasteiger partial charge in [-0.3, -0.25) is 4.99 Å². The van der Waals surface area contributed by atoms with E-state index in [1.165, 1.54) is 37.8 Å². The smallest absolute Gasteiger partial charge is 0.226 e. The molecule has 0 saturated carbocycles. The van der Waals surface area contributed by atoms with Crippen LogP contribution in [0.15, 0.2) is 39.9 Å². The molecule has 3 rings (SSSR count). The molecule has 0 atom stereocenters. The highest BCUT2D eigenvalue weighted by atomic mass is 19.1. The van der Waals surface area contributed by atoms with Gasteiger partial charge in [0.15, 0.2) is 5.96 Å². The zero-order chi connectivity index (χ0) is 16.8. The van der Waals surface area contributed by atoms with Gasteiger partial charge in [0.25, 0.3) is 0 Å². The molecule has 128 valence electrons. The van der Waals surface area contributed by atoms with Gasteiger partial charge in [-0.2, -0.15) is 0 Å². The number of benzene rings is 1. The molecule has 5 nitrogen and oxygen atoms in total. The fraction of sp³-hybridized carbons (Fsp3) is 0.444. The van der Waals surface area contributed by atoms with Crippen molar-refractivity contribution >= 4 is 5.96 Å². The Hall–Kier alpha value is -2.37. The first-order valence-corrected chi connectivity index (χ1v) is 8.47. The molecular formula is C18H23FN4O. The molecule has 0 unspecified atom stereocenters. The number of halogens is 1. The van der Waals surface area contributed by atoms with Crippen LogP contribution in [0.25, 0.3) is 11.5 Å². The average Bonchev–Trinajstić information content (AvgIpc) is 2.89. The Morgan fingerprint density at radius 3 is 2.58 bits per heavy atom. The number of oxazole rings is 1. The second-order valence-corrected chi connectivity index (χ2v) is 6.04. The van der Waals surface area contributed by atoms with Crippen LogP contribution in [-0.2, 0) is 6.42 Å². The summed E-state index contributed by atoms with van der Waals surface area (Å²) in [4.78, 5) is 11.1. The van der Waals surface area contributed by atoms with Gasteiger partial charge in [-0.15, -0.1) is 0 Å². The van der Waals surface area contributed by atoms with Crippen LogP contribution in [0.1, 0.15) is 31.4 Å². The van der Waals surface area contributed by atoms with Gasteiger partial charge in [0.05, 0.1) is 5.69 Å². The number of hydrogen-bond acceptors (Lipinski definition) is 3. The Bertz CT molecular complexity index is 673. The normalized spacial score (nSPS) is 16.2. The molecule has 1 aromatic carbocycles. The predicted octanol–water partition coefficient (Wildman–Crippen LogP) is 3.21. The molecule has 1 aromatic heterocycles. The van der Waals surface area contributed by atoms with Crippen molar-refractivity contribution in [3.8, 4) is 11.5 Å². The highest BCUT2D eigenvalue weighted by Crippen LogP contribution is 2.19. The number of aliphatic imine (C=N–C) groups is 1. The van der Waals surface area contributed by atoms with Crippen molar-refractivity contribution in [2.45, 2.75) is 32.1 Å². The van der Waals surface area contributed by atoms with Crippen LogP contribution >= 0.6 is 0 Å². The van der Waals surface area contributed by atoms with Crippen LogP contribution in [0.5, 0.6) is 0 Å². The van der Waals surface area contributed by atoms with Crippen molar-refractivity contribution in [3.05, 3.63) is 42.0 Å². The van der Waals surface area contributed by atoms with Gasteiger partial charge in [-0.05, 0) is 37.1 Å². The monoisotopic (exact) mass is 330 g/mol. The highest BCUT2D eigenvalue weighted by molar-refractivity contribution is 5.78. The standard InChI is InChI=1S/C18H23FN4O/c19-15-7-5-14(6-8-15)17-22-16(13-24-17)9-10-21-18(20)23-11-3-1-2-4-12-23/h5-8,13H,1-4,9-12H2,(H2,20,21). The van der Waals surface area contributed by atoms with Gasteiger partial charge in [-0.25, -0.2) is 9.37 Å². The lowest BCUT2D eigenvalue weighted by Gasteiger charge is -2.20. The van der Waals surface area contributed by atoms with E-state index in [1.54, 1.807) is 18.4 Å². The summed E-state index contributed by atoms with van der Waals surface area (Å²) in [6.07, 6.45) is 7.19. The van der Waals surface area contributed by atoms with E-state index in [1.807, 2.05) is 0 Å². The molecule has 0 radical (unpaired) electrons. The minimum absolute atomic E-state index is 0.274. The van der Waals surface area contributed by atoms with Gasteiger partial charge >= 0.3 is 0 Å². The van der Waals surface area contributed by atoms with E-state index in [9.17, 15) is 4.39 Å². The summed E-state index contributed by atoms with van der Waals surface area (Å²) >= 11 is 0. The van der Waals surface area contributed by atoms with Crippen LogP contribution in [0.2, 0.25) is 0 Å². The fourth-order valence-electron chi connectivity index (χ4n) is 2.83. The van der Waals surface area contributed by atoms with E-state index in [0.29, 0.717) is 24.8 Å². The van der Waals surface area contributed by atoms with Crippen LogP contribution < -0.4 is 5.73 Å². The third kappa shape index (κ3) is 4.34. The molecule has 0 aliphatic carbocycles. The van der Waals surface area contributed by atoms with Crippen molar-refractivity contribution in [3.63, 3.8) is 0 Å². The summed E-state index contributed by atoms with van der Waals surface area (Å²) in [5.41, 5.74) is 7.67. The van der Waals surface area contributed by atoms with Crippen molar-refractivity contribution in [2.24, 2.45) is 10.7 Å². The molecule has 1 fully saturated rings. The molecule has 2 heterocycles. The molecule has 6 heteroatoms. The molecule has 1 saturated heterocycles. The van der Waals surface area contributed by atoms with E-state index in [2.05, 4.69) is 14.9 Å². The minimum atomic E-state index is -0.274. The molecule has 0 amide bonds. The lowest BCUT2D eigenvalue weighted by atomic mass is 10.2. The van der Waals surface area contributed by atoms with E-state index >= 15 is 0 Å². The zero-order valence-corrected chi connectivity index (χ0v) is 13.7. The topological polar surface area (TPSA) is 67.6 Å². The second-order valence-electron chi connectivity index (χ2n) is 6.04. The first kappa shape index (κ1) is 16.5. The molecule has 2 aromatic rings. The molecule has 1 aliphatic heterocycles. The quantitative estimate of drug-likeness (QED) is 0.690. The van der Waals surface area contributed by atoms with Crippen LogP contribution in [0.3, 0.4) is 0 Å². The van der Waals surface area contributed by atoms with Crippen molar-refractivity contribution < 1.29 is 8.81 Å². The number of hydrogen-bond donors (Lipinski definition) is 1. The minimum Gasteiger partial charge on any atom is -0.444 e. The van der Waals surface area contributed by atoms with Gasteiger partial charge in [0.1, 0.15) is 12.1 Å². The Balaban J connectivity index is 1.55. The van der Waals surface area contributed by atoms with Gasteiger partial charge < -0.3 is 15.1 Å².